The molecular formula is C20H18N2O4. The van der Waals surface area contributed by atoms with E-state index < -0.39 is 11.9 Å². The fraction of sp³-hybridized carbons (Fsp3) is 0.150. The number of benzene rings is 2. The standard InChI is InChI=1S/C20H18N2O4/c1-14-4-9-18(17(12-14)20(24)25-2)26-19(23)16-7-5-15(6-8-16)13-22-11-3-10-21-22/h3-12H,13H2,1-2H3. The largest absolute Gasteiger partial charge is 0.465 e. The molecule has 0 spiro atoms. The third-order valence-electron chi connectivity index (χ3n) is 3.84. The van der Waals surface area contributed by atoms with Crippen LogP contribution in [0.2, 0.25) is 0 Å². The summed E-state index contributed by atoms with van der Waals surface area (Å²) in [7, 11) is 1.29. The number of ether oxygens (including phenoxy) is 2. The van der Waals surface area contributed by atoms with E-state index in [1.54, 1.807) is 41.2 Å². The minimum Gasteiger partial charge on any atom is -0.465 e. The minimum absolute atomic E-state index is 0.174. The van der Waals surface area contributed by atoms with Crippen LogP contribution in [0.5, 0.6) is 5.75 Å². The topological polar surface area (TPSA) is 70.4 Å². The number of methoxy groups -OCH3 is 1. The Labute approximate surface area is 151 Å². The van der Waals surface area contributed by atoms with Crippen molar-refractivity contribution in [3.63, 3.8) is 0 Å². The van der Waals surface area contributed by atoms with Crippen LogP contribution in [0, 0.1) is 6.92 Å². The van der Waals surface area contributed by atoms with Crippen molar-refractivity contribution in [2.75, 3.05) is 7.11 Å². The van der Waals surface area contributed by atoms with Crippen molar-refractivity contribution in [3.05, 3.63) is 83.2 Å². The molecule has 0 atom stereocenters. The number of nitrogens with zero attached hydrogens (tertiary/aromatic N) is 2. The zero-order valence-corrected chi connectivity index (χ0v) is 14.5. The predicted molar refractivity (Wildman–Crippen MR) is 95.2 cm³/mol. The first kappa shape index (κ1) is 17.4. The highest BCUT2D eigenvalue weighted by Crippen LogP contribution is 2.22. The number of carbonyl (C=O) groups is 2. The average Bonchev–Trinajstić information content (AvgIpc) is 3.16. The van der Waals surface area contributed by atoms with Gasteiger partial charge in [-0.15, -0.1) is 0 Å². The molecular weight excluding hydrogens is 332 g/mol. The lowest BCUT2D eigenvalue weighted by Crippen LogP contribution is -2.12. The highest BCUT2D eigenvalue weighted by molar-refractivity contribution is 5.96. The third kappa shape index (κ3) is 3.97. The molecule has 0 saturated heterocycles. The van der Waals surface area contributed by atoms with E-state index in [0.29, 0.717) is 12.1 Å². The Bertz CT molecular complexity index is 915. The first-order chi connectivity index (χ1) is 12.6. The zero-order valence-electron chi connectivity index (χ0n) is 14.5. The van der Waals surface area contributed by atoms with Crippen molar-refractivity contribution in [1.29, 1.82) is 0 Å². The number of esters is 2. The maximum atomic E-state index is 12.4. The van der Waals surface area contributed by atoms with Crippen LogP contribution in [-0.4, -0.2) is 28.8 Å². The Morgan fingerprint density at radius 1 is 1.08 bits per heavy atom. The molecule has 0 aliphatic rings. The van der Waals surface area contributed by atoms with Crippen LogP contribution in [0.3, 0.4) is 0 Å². The van der Waals surface area contributed by atoms with Gasteiger partial charge in [0.05, 0.1) is 19.2 Å². The van der Waals surface area contributed by atoms with E-state index in [4.69, 9.17) is 9.47 Å². The lowest BCUT2D eigenvalue weighted by molar-refractivity contribution is 0.0593. The second kappa shape index (κ2) is 7.65. The van der Waals surface area contributed by atoms with E-state index in [0.717, 1.165) is 11.1 Å². The Morgan fingerprint density at radius 2 is 1.85 bits per heavy atom. The van der Waals surface area contributed by atoms with Gasteiger partial charge in [-0.2, -0.15) is 5.10 Å². The molecule has 2 aromatic carbocycles. The first-order valence-electron chi connectivity index (χ1n) is 8.04. The molecule has 0 bridgehead atoms. The molecule has 3 aromatic rings. The highest BCUT2D eigenvalue weighted by atomic mass is 16.5. The van der Waals surface area contributed by atoms with Crippen molar-refractivity contribution in [3.8, 4) is 5.75 Å². The van der Waals surface area contributed by atoms with Crippen molar-refractivity contribution >= 4 is 11.9 Å². The normalized spacial score (nSPS) is 10.4. The number of aromatic nitrogens is 2. The molecule has 0 aliphatic carbocycles. The molecule has 0 N–H and O–H groups in total. The Kier molecular flexibility index (Phi) is 5.12. The Balaban J connectivity index is 1.75. The third-order valence-corrected chi connectivity index (χ3v) is 3.84. The van der Waals surface area contributed by atoms with Crippen LogP contribution < -0.4 is 4.74 Å². The summed E-state index contributed by atoms with van der Waals surface area (Å²) >= 11 is 0. The fourth-order valence-corrected chi connectivity index (χ4v) is 2.49. The average molecular weight is 350 g/mol. The van der Waals surface area contributed by atoms with Crippen LogP contribution in [0.4, 0.5) is 0 Å². The number of hydrogen-bond donors (Lipinski definition) is 0. The van der Waals surface area contributed by atoms with Gasteiger partial charge in [0, 0.05) is 12.4 Å². The molecule has 0 fully saturated rings. The minimum atomic E-state index is -0.550. The van der Waals surface area contributed by atoms with Crippen molar-refractivity contribution < 1.29 is 19.1 Å². The summed E-state index contributed by atoms with van der Waals surface area (Å²) in [6, 6.07) is 13.9. The van der Waals surface area contributed by atoms with Gasteiger partial charge in [-0.05, 0) is 48.4 Å². The summed E-state index contributed by atoms with van der Waals surface area (Å²) in [5, 5.41) is 4.15. The molecule has 3 rings (SSSR count). The highest BCUT2D eigenvalue weighted by Gasteiger charge is 2.17. The first-order valence-corrected chi connectivity index (χ1v) is 8.04. The SMILES string of the molecule is COC(=O)c1cc(C)ccc1OC(=O)c1ccc(Cn2cccn2)cc1. The number of hydrogen-bond acceptors (Lipinski definition) is 5. The van der Waals surface area contributed by atoms with Gasteiger partial charge in [0.25, 0.3) is 0 Å². The molecule has 6 nitrogen and oxygen atoms in total. The van der Waals surface area contributed by atoms with Crippen LogP contribution in [0.1, 0.15) is 31.8 Å². The summed E-state index contributed by atoms with van der Waals surface area (Å²) in [5.41, 5.74) is 2.49. The molecule has 0 amide bonds. The molecule has 1 aromatic heterocycles. The summed E-state index contributed by atoms with van der Waals surface area (Å²) in [6.45, 7) is 2.46. The fourth-order valence-electron chi connectivity index (χ4n) is 2.49. The number of carbonyl (C=O) groups excluding carboxylic acids is 2. The van der Waals surface area contributed by atoms with E-state index in [-0.39, 0.29) is 11.3 Å². The molecule has 1 heterocycles. The molecule has 26 heavy (non-hydrogen) atoms. The molecule has 0 unspecified atom stereocenters. The Hall–Kier alpha value is -3.41. The van der Waals surface area contributed by atoms with E-state index in [2.05, 4.69) is 5.10 Å². The van der Waals surface area contributed by atoms with Gasteiger partial charge in [0.1, 0.15) is 11.3 Å². The van der Waals surface area contributed by atoms with E-state index in [1.807, 2.05) is 31.3 Å². The van der Waals surface area contributed by atoms with Gasteiger partial charge in [-0.3, -0.25) is 4.68 Å². The van der Waals surface area contributed by atoms with E-state index >= 15 is 0 Å². The van der Waals surface area contributed by atoms with Crippen molar-refractivity contribution in [2.45, 2.75) is 13.5 Å². The molecule has 0 aliphatic heterocycles. The second-order valence-electron chi connectivity index (χ2n) is 5.78. The number of aryl methyl sites for hydroxylation is 1. The van der Waals surface area contributed by atoms with Gasteiger partial charge < -0.3 is 9.47 Å². The molecule has 132 valence electrons. The summed E-state index contributed by atoms with van der Waals surface area (Å²) in [6.07, 6.45) is 3.58. The van der Waals surface area contributed by atoms with Gasteiger partial charge in [-0.1, -0.05) is 18.2 Å². The summed E-state index contributed by atoms with van der Waals surface area (Å²) in [5.74, 6) is -0.913. The smallest absolute Gasteiger partial charge is 0.343 e. The van der Waals surface area contributed by atoms with E-state index in [9.17, 15) is 9.59 Å². The number of rotatable bonds is 5. The van der Waals surface area contributed by atoms with Crippen LogP contribution >= 0.6 is 0 Å². The van der Waals surface area contributed by atoms with Crippen LogP contribution in [0.15, 0.2) is 60.9 Å². The van der Waals surface area contributed by atoms with Crippen molar-refractivity contribution in [1.82, 2.24) is 9.78 Å². The van der Waals surface area contributed by atoms with Crippen LogP contribution in [-0.2, 0) is 11.3 Å². The van der Waals surface area contributed by atoms with Crippen molar-refractivity contribution in [2.24, 2.45) is 0 Å². The quantitative estimate of drug-likeness (QED) is 0.522. The summed E-state index contributed by atoms with van der Waals surface area (Å²) in [4.78, 5) is 24.3. The molecule has 0 radical (unpaired) electrons. The van der Waals surface area contributed by atoms with Gasteiger partial charge in [0.15, 0.2) is 0 Å². The monoisotopic (exact) mass is 350 g/mol. The zero-order chi connectivity index (χ0) is 18.5. The Morgan fingerprint density at radius 3 is 2.50 bits per heavy atom. The van der Waals surface area contributed by atoms with Gasteiger partial charge in [-0.25, -0.2) is 9.59 Å². The predicted octanol–water partition coefficient (Wildman–Crippen LogP) is 3.25. The molecule has 0 saturated carbocycles. The van der Waals surface area contributed by atoms with Gasteiger partial charge in [0.2, 0.25) is 0 Å². The molecule has 6 heteroatoms. The maximum Gasteiger partial charge on any atom is 0.343 e. The lowest BCUT2D eigenvalue weighted by Gasteiger charge is -2.10. The van der Waals surface area contributed by atoms with E-state index in [1.165, 1.54) is 7.11 Å². The second-order valence-corrected chi connectivity index (χ2v) is 5.78. The van der Waals surface area contributed by atoms with Gasteiger partial charge >= 0.3 is 11.9 Å². The summed E-state index contributed by atoms with van der Waals surface area (Å²) < 4.78 is 11.9. The maximum absolute atomic E-state index is 12.4. The van der Waals surface area contributed by atoms with Crippen LogP contribution in [0.25, 0.3) is 0 Å². The lowest BCUT2D eigenvalue weighted by atomic mass is 10.1.